The Morgan fingerprint density at radius 3 is 2.28 bits per heavy atom. The maximum absolute atomic E-state index is 13.5. The molecule has 1 spiro atoms. The summed E-state index contributed by atoms with van der Waals surface area (Å²) in [4.78, 5) is 18.7. The van der Waals surface area contributed by atoms with Gasteiger partial charge in [0.2, 0.25) is 5.91 Å². The molecule has 4 heteroatoms. The van der Waals surface area contributed by atoms with Gasteiger partial charge in [-0.2, -0.15) is 0 Å². The van der Waals surface area contributed by atoms with Crippen LogP contribution in [0, 0.1) is 6.92 Å². The van der Waals surface area contributed by atoms with Crippen LogP contribution in [0.15, 0.2) is 24.3 Å². The van der Waals surface area contributed by atoms with Crippen molar-refractivity contribution in [3.05, 3.63) is 29.8 Å². The van der Waals surface area contributed by atoms with Crippen molar-refractivity contribution in [2.75, 3.05) is 18.0 Å². The lowest BCUT2D eigenvalue weighted by atomic mass is 9.84. The molecule has 3 fully saturated rings. The van der Waals surface area contributed by atoms with Gasteiger partial charge in [0.1, 0.15) is 11.7 Å². The zero-order valence-electron chi connectivity index (χ0n) is 20.6. The van der Waals surface area contributed by atoms with Crippen LogP contribution in [0.3, 0.4) is 0 Å². The standard InChI is InChI=1S/C28H45N3O/c1-3-4-17-26-29-27(32)28(31(26)25-16-12-13-23(2)22-25)18-20-30(21-19-28)24-14-10-8-6-5-7-9-11-15-24/h12-13,16,22,24,26H,3-11,14-15,17-21H2,1-2H3,(H,29,32). The van der Waals surface area contributed by atoms with Crippen LogP contribution in [0.4, 0.5) is 5.69 Å². The molecule has 178 valence electrons. The first-order valence-corrected chi connectivity index (χ1v) is 13.5. The van der Waals surface area contributed by atoms with Crippen molar-refractivity contribution in [1.82, 2.24) is 10.2 Å². The molecule has 2 aliphatic heterocycles. The average Bonchev–Trinajstić information content (AvgIpc) is 3.07. The summed E-state index contributed by atoms with van der Waals surface area (Å²) in [6, 6.07) is 9.51. The van der Waals surface area contributed by atoms with Gasteiger partial charge in [-0.3, -0.25) is 4.79 Å². The zero-order chi connectivity index (χ0) is 22.4. The average molecular weight is 440 g/mol. The van der Waals surface area contributed by atoms with Gasteiger partial charge in [-0.15, -0.1) is 0 Å². The predicted molar refractivity (Wildman–Crippen MR) is 134 cm³/mol. The van der Waals surface area contributed by atoms with Gasteiger partial charge < -0.3 is 15.1 Å². The zero-order valence-corrected chi connectivity index (χ0v) is 20.6. The predicted octanol–water partition coefficient (Wildman–Crippen LogP) is 6.18. The summed E-state index contributed by atoms with van der Waals surface area (Å²) < 4.78 is 0. The molecular formula is C28H45N3O. The van der Waals surface area contributed by atoms with Crippen molar-refractivity contribution in [2.45, 2.75) is 121 Å². The van der Waals surface area contributed by atoms with Gasteiger partial charge in [0.05, 0.1) is 0 Å². The van der Waals surface area contributed by atoms with E-state index in [2.05, 4.69) is 53.2 Å². The lowest BCUT2D eigenvalue weighted by Crippen LogP contribution is -2.58. The molecular weight excluding hydrogens is 394 g/mol. The topological polar surface area (TPSA) is 35.6 Å². The smallest absolute Gasteiger partial charge is 0.247 e. The van der Waals surface area contributed by atoms with E-state index in [1.54, 1.807) is 0 Å². The lowest BCUT2D eigenvalue weighted by Gasteiger charge is -2.47. The van der Waals surface area contributed by atoms with Crippen LogP contribution < -0.4 is 10.2 Å². The number of hydrogen-bond acceptors (Lipinski definition) is 3. The minimum atomic E-state index is -0.376. The number of nitrogens with one attached hydrogen (secondary N) is 1. The van der Waals surface area contributed by atoms with Gasteiger partial charge in [0, 0.05) is 24.8 Å². The fraction of sp³-hybridized carbons (Fsp3) is 0.750. The van der Waals surface area contributed by atoms with E-state index < -0.39 is 0 Å². The quantitative estimate of drug-likeness (QED) is 0.595. The van der Waals surface area contributed by atoms with Gasteiger partial charge in [-0.1, -0.05) is 70.4 Å². The first kappa shape index (κ1) is 23.6. The van der Waals surface area contributed by atoms with E-state index in [0.717, 1.165) is 51.2 Å². The summed E-state index contributed by atoms with van der Waals surface area (Å²) in [6.45, 7) is 6.51. The Labute approximate surface area is 196 Å². The Balaban J connectivity index is 1.50. The minimum absolute atomic E-state index is 0.129. The third-order valence-corrected chi connectivity index (χ3v) is 8.32. The number of anilines is 1. The monoisotopic (exact) mass is 439 g/mol. The largest absolute Gasteiger partial charge is 0.336 e. The number of likely N-dealkylation sites (tertiary alicyclic amines) is 1. The Bertz CT molecular complexity index is 730. The van der Waals surface area contributed by atoms with E-state index >= 15 is 0 Å². The molecule has 4 rings (SSSR count). The van der Waals surface area contributed by atoms with Crippen molar-refractivity contribution < 1.29 is 4.79 Å². The van der Waals surface area contributed by atoms with Crippen molar-refractivity contribution in [3.63, 3.8) is 0 Å². The SMILES string of the molecule is CCCCC1NC(=O)C2(CCN(C3CCCCCCCCC3)CC2)N1c1cccc(C)c1. The van der Waals surface area contributed by atoms with E-state index in [-0.39, 0.29) is 17.6 Å². The molecule has 1 aromatic carbocycles. The fourth-order valence-electron chi connectivity index (χ4n) is 6.44. The second kappa shape index (κ2) is 11.0. The molecule has 32 heavy (non-hydrogen) atoms. The van der Waals surface area contributed by atoms with Gasteiger partial charge in [0.15, 0.2) is 0 Å². The number of carbonyl (C=O) groups is 1. The molecule has 2 saturated heterocycles. The number of benzene rings is 1. The van der Waals surface area contributed by atoms with Gasteiger partial charge in [-0.25, -0.2) is 0 Å². The Kier molecular flexibility index (Phi) is 8.15. The molecule has 0 radical (unpaired) electrons. The third-order valence-electron chi connectivity index (χ3n) is 8.32. The van der Waals surface area contributed by atoms with E-state index in [0.29, 0.717) is 0 Å². The maximum atomic E-state index is 13.5. The second-order valence-electron chi connectivity index (χ2n) is 10.6. The van der Waals surface area contributed by atoms with Gasteiger partial charge >= 0.3 is 0 Å². The van der Waals surface area contributed by atoms with Crippen LogP contribution in [0.2, 0.25) is 0 Å². The second-order valence-corrected chi connectivity index (χ2v) is 10.6. The third kappa shape index (κ3) is 5.16. The summed E-state index contributed by atoms with van der Waals surface area (Å²) in [5.74, 6) is 0.269. The maximum Gasteiger partial charge on any atom is 0.247 e. The molecule has 1 aromatic rings. The molecule has 0 aromatic heterocycles. The summed E-state index contributed by atoms with van der Waals surface area (Å²) in [5.41, 5.74) is 2.11. The fourth-order valence-corrected chi connectivity index (χ4v) is 6.44. The molecule has 3 aliphatic rings. The Hall–Kier alpha value is -1.55. The molecule has 0 bridgehead atoms. The number of piperidine rings is 1. The van der Waals surface area contributed by atoms with Gasteiger partial charge in [0.25, 0.3) is 0 Å². The highest BCUT2D eigenvalue weighted by Crippen LogP contribution is 2.41. The number of rotatable bonds is 5. The molecule has 1 unspecified atom stereocenters. The first-order valence-electron chi connectivity index (χ1n) is 13.5. The number of amides is 1. The molecule has 1 atom stereocenters. The highest BCUT2D eigenvalue weighted by molar-refractivity contribution is 5.94. The van der Waals surface area contributed by atoms with E-state index in [4.69, 9.17) is 0 Å². The highest BCUT2D eigenvalue weighted by atomic mass is 16.2. The normalized spacial score (nSPS) is 25.8. The van der Waals surface area contributed by atoms with Gasteiger partial charge in [-0.05, 0) is 63.1 Å². The van der Waals surface area contributed by atoms with Crippen LogP contribution in [0.5, 0.6) is 0 Å². The van der Waals surface area contributed by atoms with Crippen LogP contribution in [0.25, 0.3) is 0 Å². The number of aryl methyl sites for hydroxylation is 1. The molecule has 1 amide bonds. The lowest BCUT2D eigenvalue weighted by molar-refractivity contribution is -0.125. The summed E-state index contributed by atoms with van der Waals surface area (Å²) >= 11 is 0. The van der Waals surface area contributed by atoms with E-state index in [1.807, 2.05) is 0 Å². The number of nitrogens with zero attached hydrogens (tertiary/aromatic N) is 2. The minimum Gasteiger partial charge on any atom is -0.336 e. The van der Waals surface area contributed by atoms with Crippen LogP contribution >= 0.6 is 0 Å². The Morgan fingerprint density at radius 2 is 1.66 bits per heavy atom. The molecule has 4 nitrogen and oxygen atoms in total. The summed E-state index contributed by atoms with van der Waals surface area (Å²) in [6.07, 6.45) is 17.9. The molecule has 1 aliphatic carbocycles. The first-order chi connectivity index (χ1) is 15.6. The van der Waals surface area contributed by atoms with Crippen molar-refractivity contribution in [2.24, 2.45) is 0 Å². The van der Waals surface area contributed by atoms with E-state index in [1.165, 1.54) is 69.0 Å². The van der Waals surface area contributed by atoms with Crippen LogP contribution in [-0.2, 0) is 4.79 Å². The Morgan fingerprint density at radius 1 is 1.00 bits per heavy atom. The molecule has 1 saturated carbocycles. The van der Waals surface area contributed by atoms with Crippen molar-refractivity contribution >= 4 is 11.6 Å². The number of unbranched alkanes of at least 4 members (excludes halogenated alkanes) is 1. The highest BCUT2D eigenvalue weighted by Gasteiger charge is 2.54. The van der Waals surface area contributed by atoms with Crippen LogP contribution in [0.1, 0.15) is 102 Å². The van der Waals surface area contributed by atoms with Crippen LogP contribution in [-0.4, -0.2) is 41.6 Å². The number of hydrogen-bond donors (Lipinski definition) is 1. The summed E-state index contributed by atoms with van der Waals surface area (Å²) in [5, 5.41) is 3.41. The molecule has 2 heterocycles. The number of carbonyl (C=O) groups excluding carboxylic acids is 1. The van der Waals surface area contributed by atoms with Crippen molar-refractivity contribution in [1.29, 1.82) is 0 Å². The van der Waals surface area contributed by atoms with E-state index in [9.17, 15) is 4.79 Å². The summed E-state index contributed by atoms with van der Waals surface area (Å²) in [7, 11) is 0. The van der Waals surface area contributed by atoms with Crippen molar-refractivity contribution in [3.8, 4) is 0 Å². The molecule has 1 N–H and O–H groups in total.